The van der Waals surface area contributed by atoms with E-state index in [2.05, 4.69) is 17.2 Å². The molecule has 1 rings (SSSR count). The Bertz CT molecular complexity index is 487. The summed E-state index contributed by atoms with van der Waals surface area (Å²) >= 11 is 0. The minimum absolute atomic E-state index is 0.110. The third kappa shape index (κ3) is 5.12. The van der Waals surface area contributed by atoms with Gasteiger partial charge in [0.05, 0.1) is 12.1 Å². The molecule has 4 nitrogen and oxygen atoms in total. The fraction of sp³-hybridized carbons (Fsp3) is 0.400. The Morgan fingerprint density at radius 2 is 2.26 bits per heavy atom. The molecule has 0 heterocycles. The van der Waals surface area contributed by atoms with Crippen LogP contribution >= 0.6 is 0 Å². The van der Waals surface area contributed by atoms with E-state index in [4.69, 9.17) is 10.5 Å². The smallest absolute Gasteiger partial charge is 0.252 e. The molecule has 0 bridgehead atoms. The second kappa shape index (κ2) is 8.30. The molecule has 0 saturated heterocycles. The summed E-state index contributed by atoms with van der Waals surface area (Å²) in [6, 6.07) is 5.62. The van der Waals surface area contributed by atoms with Crippen molar-refractivity contribution >= 4 is 5.91 Å². The molecule has 1 aromatic carbocycles. The van der Waals surface area contributed by atoms with Crippen molar-refractivity contribution in [1.82, 2.24) is 5.32 Å². The summed E-state index contributed by atoms with van der Waals surface area (Å²) < 4.78 is 4.94. The van der Waals surface area contributed by atoms with E-state index in [1.165, 1.54) is 0 Å². The van der Waals surface area contributed by atoms with Gasteiger partial charge in [0.15, 0.2) is 0 Å². The van der Waals surface area contributed by atoms with Crippen molar-refractivity contribution in [3.8, 4) is 11.8 Å². The van der Waals surface area contributed by atoms with Gasteiger partial charge in [-0.25, -0.2) is 0 Å². The summed E-state index contributed by atoms with van der Waals surface area (Å²) in [5.74, 6) is 5.59. The number of carbonyl (C=O) groups is 1. The fourth-order valence-corrected chi connectivity index (χ4v) is 1.61. The molecular formula is C15H20N2O2. The van der Waals surface area contributed by atoms with Gasteiger partial charge in [0.25, 0.3) is 5.91 Å². The third-order valence-corrected chi connectivity index (χ3v) is 2.56. The minimum Gasteiger partial charge on any atom is -0.385 e. The predicted octanol–water partition coefficient (Wildman–Crippen LogP) is 1.07. The SMILES string of the molecule is COCCCNC(=O)c1cc(C)ccc1C#CCN. The Balaban J connectivity index is 2.79. The lowest BCUT2D eigenvalue weighted by Crippen LogP contribution is -2.26. The van der Waals surface area contributed by atoms with E-state index < -0.39 is 0 Å². The van der Waals surface area contributed by atoms with E-state index in [9.17, 15) is 4.79 Å². The molecule has 0 aliphatic rings. The van der Waals surface area contributed by atoms with Gasteiger partial charge in [-0.1, -0.05) is 23.5 Å². The zero-order valence-electron chi connectivity index (χ0n) is 11.5. The molecule has 0 fully saturated rings. The van der Waals surface area contributed by atoms with Crippen molar-refractivity contribution in [2.24, 2.45) is 5.73 Å². The monoisotopic (exact) mass is 260 g/mol. The number of amides is 1. The molecule has 0 aliphatic carbocycles. The second-order valence-electron chi connectivity index (χ2n) is 4.16. The maximum absolute atomic E-state index is 12.1. The average molecular weight is 260 g/mol. The van der Waals surface area contributed by atoms with Crippen molar-refractivity contribution in [3.63, 3.8) is 0 Å². The zero-order valence-corrected chi connectivity index (χ0v) is 11.5. The normalized spacial score (nSPS) is 9.63. The number of benzene rings is 1. The van der Waals surface area contributed by atoms with Gasteiger partial charge in [-0.3, -0.25) is 4.79 Å². The number of hydrogen-bond donors (Lipinski definition) is 2. The van der Waals surface area contributed by atoms with Gasteiger partial charge in [-0.15, -0.1) is 0 Å². The quantitative estimate of drug-likeness (QED) is 0.615. The molecule has 0 unspecified atom stereocenters. The summed E-state index contributed by atoms with van der Waals surface area (Å²) in [4.78, 5) is 12.1. The molecule has 1 amide bonds. The average Bonchev–Trinajstić information content (AvgIpc) is 2.42. The van der Waals surface area contributed by atoms with Crippen LogP contribution in [0.3, 0.4) is 0 Å². The van der Waals surface area contributed by atoms with Crippen LogP contribution in [0.5, 0.6) is 0 Å². The molecule has 102 valence electrons. The molecule has 0 spiro atoms. The lowest BCUT2D eigenvalue weighted by Gasteiger charge is -2.07. The summed E-state index contributed by atoms with van der Waals surface area (Å²) in [5, 5.41) is 2.86. The Morgan fingerprint density at radius 1 is 1.47 bits per heavy atom. The van der Waals surface area contributed by atoms with Crippen LogP contribution in [-0.4, -0.2) is 32.7 Å². The van der Waals surface area contributed by atoms with Gasteiger partial charge in [-0.2, -0.15) is 0 Å². The first-order chi connectivity index (χ1) is 9.19. The van der Waals surface area contributed by atoms with Crippen molar-refractivity contribution < 1.29 is 9.53 Å². The summed E-state index contributed by atoms with van der Waals surface area (Å²) in [5.41, 5.74) is 7.69. The summed E-state index contributed by atoms with van der Waals surface area (Å²) in [6.07, 6.45) is 0.790. The molecular weight excluding hydrogens is 240 g/mol. The van der Waals surface area contributed by atoms with E-state index in [1.54, 1.807) is 7.11 Å². The highest BCUT2D eigenvalue weighted by Crippen LogP contribution is 2.10. The van der Waals surface area contributed by atoms with Crippen molar-refractivity contribution in [2.75, 3.05) is 26.8 Å². The van der Waals surface area contributed by atoms with Crippen LogP contribution in [0.4, 0.5) is 0 Å². The van der Waals surface area contributed by atoms with Crippen LogP contribution < -0.4 is 11.1 Å². The van der Waals surface area contributed by atoms with Crippen molar-refractivity contribution in [1.29, 1.82) is 0 Å². The van der Waals surface area contributed by atoms with Crippen molar-refractivity contribution in [3.05, 3.63) is 34.9 Å². The fourth-order valence-electron chi connectivity index (χ4n) is 1.61. The molecule has 0 saturated carbocycles. The number of ether oxygens (including phenoxy) is 1. The molecule has 3 N–H and O–H groups in total. The molecule has 4 heteroatoms. The highest BCUT2D eigenvalue weighted by molar-refractivity contribution is 5.96. The topological polar surface area (TPSA) is 64.3 Å². The number of hydrogen-bond acceptors (Lipinski definition) is 3. The van der Waals surface area contributed by atoms with Crippen LogP contribution in [0.25, 0.3) is 0 Å². The predicted molar refractivity (Wildman–Crippen MR) is 75.9 cm³/mol. The molecule has 0 atom stereocenters. The van der Waals surface area contributed by atoms with E-state index >= 15 is 0 Å². The number of methoxy groups -OCH3 is 1. The number of rotatable bonds is 5. The minimum atomic E-state index is -0.110. The maximum atomic E-state index is 12.1. The number of nitrogens with one attached hydrogen (secondary N) is 1. The van der Waals surface area contributed by atoms with Crippen LogP contribution in [-0.2, 0) is 4.74 Å². The first-order valence-corrected chi connectivity index (χ1v) is 6.25. The van der Waals surface area contributed by atoms with Gasteiger partial charge >= 0.3 is 0 Å². The van der Waals surface area contributed by atoms with Crippen LogP contribution in [0.1, 0.15) is 27.9 Å². The number of nitrogens with two attached hydrogens (primary N) is 1. The first-order valence-electron chi connectivity index (χ1n) is 6.25. The van der Waals surface area contributed by atoms with Gasteiger partial charge in [-0.05, 0) is 25.5 Å². The molecule has 0 radical (unpaired) electrons. The van der Waals surface area contributed by atoms with Crippen molar-refractivity contribution in [2.45, 2.75) is 13.3 Å². The summed E-state index contributed by atoms with van der Waals surface area (Å²) in [7, 11) is 1.64. The van der Waals surface area contributed by atoms with E-state index in [0.717, 1.165) is 12.0 Å². The largest absolute Gasteiger partial charge is 0.385 e. The van der Waals surface area contributed by atoms with E-state index in [1.807, 2.05) is 25.1 Å². The molecule has 1 aromatic rings. The van der Waals surface area contributed by atoms with Gasteiger partial charge < -0.3 is 15.8 Å². The maximum Gasteiger partial charge on any atom is 0.252 e. The third-order valence-electron chi connectivity index (χ3n) is 2.56. The lowest BCUT2D eigenvalue weighted by molar-refractivity contribution is 0.0948. The zero-order chi connectivity index (χ0) is 14.1. The highest BCUT2D eigenvalue weighted by atomic mass is 16.5. The van der Waals surface area contributed by atoms with Gasteiger partial charge in [0.1, 0.15) is 0 Å². The second-order valence-corrected chi connectivity index (χ2v) is 4.16. The van der Waals surface area contributed by atoms with E-state index in [-0.39, 0.29) is 12.5 Å². The van der Waals surface area contributed by atoms with E-state index in [0.29, 0.717) is 24.3 Å². The van der Waals surface area contributed by atoms with Gasteiger partial charge in [0, 0.05) is 25.8 Å². The van der Waals surface area contributed by atoms with Crippen LogP contribution in [0.15, 0.2) is 18.2 Å². The highest BCUT2D eigenvalue weighted by Gasteiger charge is 2.09. The summed E-state index contributed by atoms with van der Waals surface area (Å²) in [6.45, 7) is 3.45. The van der Waals surface area contributed by atoms with Crippen LogP contribution in [0, 0.1) is 18.8 Å². The number of carbonyl (C=O) groups excluding carboxylic acids is 1. The Labute approximate surface area is 114 Å². The van der Waals surface area contributed by atoms with Crippen LogP contribution in [0.2, 0.25) is 0 Å². The molecule has 0 aliphatic heterocycles. The standard InChI is InChI=1S/C15H20N2O2/c1-12-6-7-13(5-3-8-16)14(11-12)15(18)17-9-4-10-19-2/h6-7,11H,4,8-10,16H2,1-2H3,(H,17,18). The Hall–Kier alpha value is -1.83. The first kappa shape index (κ1) is 15.2. The lowest BCUT2D eigenvalue weighted by atomic mass is 10.0. The molecule has 19 heavy (non-hydrogen) atoms. The number of aryl methyl sites for hydroxylation is 1. The molecule has 0 aromatic heterocycles. The Kier molecular flexibility index (Phi) is 6.65. The Morgan fingerprint density at radius 3 is 2.95 bits per heavy atom. The van der Waals surface area contributed by atoms with Gasteiger partial charge in [0.2, 0.25) is 0 Å².